The van der Waals surface area contributed by atoms with Gasteiger partial charge in [0.2, 0.25) is 15.9 Å². The van der Waals surface area contributed by atoms with E-state index in [-0.39, 0.29) is 5.92 Å². The largest absolute Gasteiger partial charge is 0.480 e. The number of nitrogens with one attached hydrogen (secondary N) is 1. The van der Waals surface area contributed by atoms with Crippen molar-refractivity contribution in [3.8, 4) is 0 Å². The molecule has 1 saturated heterocycles. The fourth-order valence-electron chi connectivity index (χ4n) is 2.42. The number of carboxylic acids is 1. The van der Waals surface area contributed by atoms with Crippen molar-refractivity contribution in [1.29, 1.82) is 0 Å². The maximum atomic E-state index is 12.4. The normalized spacial score (nSPS) is 21.2. The van der Waals surface area contributed by atoms with Gasteiger partial charge in [0.15, 0.2) is 0 Å². The number of nitrogens with zero attached hydrogens (tertiary/aromatic N) is 1. The zero-order chi connectivity index (χ0) is 15.5. The highest BCUT2D eigenvalue weighted by Crippen LogP contribution is 2.20. The predicted octanol–water partition coefficient (Wildman–Crippen LogP) is 0.0259. The van der Waals surface area contributed by atoms with Crippen LogP contribution in [0.25, 0.3) is 0 Å². The molecule has 116 valence electrons. The quantitative estimate of drug-likeness (QED) is 0.720. The summed E-state index contributed by atoms with van der Waals surface area (Å²) in [5, 5.41) is 9.10. The van der Waals surface area contributed by atoms with Crippen LogP contribution in [0.2, 0.25) is 0 Å². The molecule has 2 atom stereocenters. The summed E-state index contributed by atoms with van der Waals surface area (Å²) < 4.78 is 25.0. The van der Waals surface area contributed by atoms with Crippen LogP contribution in [-0.4, -0.2) is 55.2 Å². The third-order valence-electron chi connectivity index (χ3n) is 3.18. The molecule has 1 heterocycles. The van der Waals surface area contributed by atoms with Crippen molar-refractivity contribution in [2.45, 2.75) is 45.2 Å². The van der Waals surface area contributed by atoms with Gasteiger partial charge in [-0.2, -0.15) is 0 Å². The lowest BCUT2D eigenvalue weighted by Crippen LogP contribution is -2.51. The lowest BCUT2D eigenvalue weighted by molar-refractivity contribution is -0.149. The van der Waals surface area contributed by atoms with Crippen LogP contribution in [0.15, 0.2) is 0 Å². The predicted molar refractivity (Wildman–Crippen MR) is 73.6 cm³/mol. The van der Waals surface area contributed by atoms with Gasteiger partial charge in [0.05, 0.1) is 6.26 Å². The first-order valence-electron chi connectivity index (χ1n) is 6.62. The smallest absolute Gasteiger partial charge is 0.326 e. The second-order valence-electron chi connectivity index (χ2n) is 5.60. The third-order valence-corrected chi connectivity index (χ3v) is 3.90. The highest BCUT2D eigenvalue weighted by atomic mass is 32.2. The van der Waals surface area contributed by atoms with Crippen molar-refractivity contribution in [3.63, 3.8) is 0 Å². The topological polar surface area (TPSA) is 104 Å². The molecule has 0 saturated carbocycles. The maximum Gasteiger partial charge on any atom is 0.326 e. The lowest BCUT2D eigenvalue weighted by atomic mass is 10.0. The second kappa shape index (κ2) is 6.53. The minimum atomic E-state index is -3.53. The number of likely N-dealkylation sites (tertiary alicyclic amines) is 1. The summed E-state index contributed by atoms with van der Waals surface area (Å²) in [7, 11) is -3.53. The van der Waals surface area contributed by atoms with Gasteiger partial charge in [-0.25, -0.2) is 17.9 Å². The molecule has 0 aromatic heterocycles. The fourth-order valence-corrected chi connectivity index (χ4v) is 3.13. The van der Waals surface area contributed by atoms with E-state index in [0.717, 1.165) is 6.26 Å². The molecule has 8 heteroatoms. The van der Waals surface area contributed by atoms with Gasteiger partial charge in [0, 0.05) is 6.54 Å². The van der Waals surface area contributed by atoms with Gasteiger partial charge in [-0.3, -0.25) is 4.79 Å². The van der Waals surface area contributed by atoms with Crippen molar-refractivity contribution in [2.24, 2.45) is 5.92 Å². The van der Waals surface area contributed by atoms with Gasteiger partial charge in [-0.15, -0.1) is 0 Å². The van der Waals surface area contributed by atoms with E-state index < -0.39 is 34.0 Å². The first kappa shape index (κ1) is 16.9. The minimum Gasteiger partial charge on any atom is -0.480 e. The SMILES string of the molecule is CC(C)CC(NS(C)(=O)=O)C(=O)N1CCCC1C(=O)O. The number of rotatable bonds is 6. The highest BCUT2D eigenvalue weighted by Gasteiger charge is 2.37. The van der Waals surface area contributed by atoms with Gasteiger partial charge < -0.3 is 10.0 Å². The van der Waals surface area contributed by atoms with Crippen LogP contribution in [0, 0.1) is 5.92 Å². The molecule has 7 nitrogen and oxygen atoms in total. The number of carboxylic acid groups (broad SMARTS) is 1. The molecule has 2 N–H and O–H groups in total. The summed E-state index contributed by atoms with van der Waals surface area (Å²) in [6.45, 7) is 4.11. The molecule has 1 rings (SSSR count). The molecule has 1 aliphatic heterocycles. The Balaban J connectivity index is 2.89. The van der Waals surface area contributed by atoms with Crippen LogP contribution < -0.4 is 4.72 Å². The Hall–Kier alpha value is -1.15. The zero-order valence-electron chi connectivity index (χ0n) is 12.0. The van der Waals surface area contributed by atoms with Crippen molar-refractivity contribution in [1.82, 2.24) is 9.62 Å². The van der Waals surface area contributed by atoms with Crippen LogP contribution in [0.3, 0.4) is 0 Å². The number of carbonyl (C=O) groups is 2. The maximum absolute atomic E-state index is 12.4. The van der Waals surface area contributed by atoms with E-state index in [9.17, 15) is 18.0 Å². The van der Waals surface area contributed by atoms with Gasteiger partial charge in [0.1, 0.15) is 12.1 Å². The molecule has 0 aromatic rings. The molecular weight excluding hydrogens is 284 g/mol. The van der Waals surface area contributed by atoms with E-state index in [1.807, 2.05) is 13.8 Å². The lowest BCUT2D eigenvalue weighted by Gasteiger charge is -2.27. The number of hydrogen-bond acceptors (Lipinski definition) is 4. The molecular formula is C12H22N2O5S. The Bertz CT molecular complexity index is 474. The summed E-state index contributed by atoms with van der Waals surface area (Å²) in [6.07, 6.45) is 2.37. The minimum absolute atomic E-state index is 0.115. The van der Waals surface area contributed by atoms with Crippen molar-refractivity contribution < 1.29 is 23.1 Å². The molecule has 20 heavy (non-hydrogen) atoms. The van der Waals surface area contributed by atoms with E-state index in [2.05, 4.69) is 4.72 Å². The summed E-state index contributed by atoms with van der Waals surface area (Å²) in [4.78, 5) is 24.8. The van der Waals surface area contributed by atoms with Crippen LogP contribution in [0.5, 0.6) is 0 Å². The van der Waals surface area contributed by atoms with Gasteiger partial charge >= 0.3 is 5.97 Å². The summed E-state index contributed by atoms with van der Waals surface area (Å²) in [6, 6.07) is -1.75. The van der Waals surface area contributed by atoms with Crippen LogP contribution >= 0.6 is 0 Å². The van der Waals surface area contributed by atoms with E-state index in [4.69, 9.17) is 5.11 Å². The van der Waals surface area contributed by atoms with E-state index in [1.165, 1.54) is 4.90 Å². The molecule has 0 bridgehead atoms. The van der Waals surface area contributed by atoms with E-state index in [1.54, 1.807) is 0 Å². The number of hydrogen-bond donors (Lipinski definition) is 2. The average molecular weight is 306 g/mol. The number of carbonyl (C=O) groups excluding carboxylic acids is 1. The Morgan fingerprint density at radius 1 is 1.40 bits per heavy atom. The Morgan fingerprint density at radius 3 is 2.45 bits per heavy atom. The van der Waals surface area contributed by atoms with Gasteiger partial charge in [0.25, 0.3) is 0 Å². The van der Waals surface area contributed by atoms with Crippen LogP contribution in [0.4, 0.5) is 0 Å². The molecule has 1 fully saturated rings. The first-order chi connectivity index (χ1) is 9.11. The van der Waals surface area contributed by atoms with Crippen LogP contribution in [-0.2, 0) is 19.6 Å². The molecule has 0 aromatic carbocycles. The first-order valence-corrected chi connectivity index (χ1v) is 8.51. The number of aliphatic carboxylic acids is 1. The van der Waals surface area contributed by atoms with Crippen molar-refractivity contribution in [2.75, 3.05) is 12.8 Å². The monoisotopic (exact) mass is 306 g/mol. The number of sulfonamides is 1. The zero-order valence-corrected chi connectivity index (χ0v) is 12.8. The standard InChI is InChI=1S/C12H22N2O5S/c1-8(2)7-9(13-20(3,18)19)11(15)14-6-4-5-10(14)12(16)17/h8-10,13H,4-7H2,1-3H3,(H,16,17). The summed E-state index contributed by atoms with van der Waals surface area (Å²) in [5.41, 5.74) is 0. The van der Waals surface area contributed by atoms with E-state index in [0.29, 0.717) is 25.8 Å². The van der Waals surface area contributed by atoms with E-state index >= 15 is 0 Å². The number of amides is 1. The van der Waals surface area contributed by atoms with Gasteiger partial charge in [-0.05, 0) is 25.2 Å². The second-order valence-corrected chi connectivity index (χ2v) is 7.38. The molecule has 1 aliphatic rings. The van der Waals surface area contributed by atoms with Gasteiger partial charge in [-0.1, -0.05) is 13.8 Å². The average Bonchev–Trinajstić information content (AvgIpc) is 2.73. The summed E-state index contributed by atoms with van der Waals surface area (Å²) >= 11 is 0. The van der Waals surface area contributed by atoms with Crippen molar-refractivity contribution in [3.05, 3.63) is 0 Å². The van der Waals surface area contributed by atoms with Crippen molar-refractivity contribution >= 4 is 21.9 Å². The molecule has 1 amide bonds. The Kier molecular flexibility index (Phi) is 5.52. The molecule has 0 aliphatic carbocycles. The molecule has 0 spiro atoms. The molecule has 0 radical (unpaired) electrons. The Labute approximate surface area is 119 Å². The summed E-state index contributed by atoms with van der Waals surface area (Å²) in [5.74, 6) is -1.38. The van der Waals surface area contributed by atoms with Crippen LogP contribution in [0.1, 0.15) is 33.1 Å². The fraction of sp³-hybridized carbons (Fsp3) is 0.833. The third kappa shape index (κ3) is 4.75. The highest BCUT2D eigenvalue weighted by molar-refractivity contribution is 7.88. The Morgan fingerprint density at radius 2 is 2.00 bits per heavy atom. The molecule has 2 unspecified atom stereocenters.